The minimum Gasteiger partial charge on any atom is -0.476 e. The molecule has 0 aromatic carbocycles. The summed E-state index contributed by atoms with van der Waals surface area (Å²) < 4.78 is 10.5. The first kappa shape index (κ1) is 16.2. The molecular weight excluding hydrogens is 258 g/mol. The molecule has 0 aliphatic rings. The molecule has 0 saturated heterocycles. The van der Waals surface area contributed by atoms with Gasteiger partial charge in [-0.15, -0.1) is 0 Å². The molecule has 0 aliphatic heterocycles. The van der Waals surface area contributed by atoms with E-state index in [-0.39, 0.29) is 0 Å². The van der Waals surface area contributed by atoms with E-state index in [1.165, 1.54) is 12.3 Å². The quantitative estimate of drug-likeness (QED) is 0.729. The van der Waals surface area contributed by atoms with Crippen LogP contribution < -0.4 is 10.5 Å². The van der Waals surface area contributed by atoms with Gasteiger partial charge in [-0.05, 0) is 20.0 Å². The fraction of sp³-hybridized carbons (Fsp3) is 0.571. The minimum atomic E-state index is -0.457. The average molecular weight is 281 g/mol. The summed E-state index contributed by atoms with van der Waals surface area (Å²) in [6, 6.07) is 1.52. The summed E-state index contributed by atoms with van der Waals surface area (Å²) in [7, 11) is 0. The Bertz CT molecular complexity index is 434. The van der Waals surface area contributed by atoms with Gasteiger partial charge in [-0.25, -0.2) is 9.78 Å². The zero-order valence-corrected chi connectivity index (χ0v) is 12.4. The molecule has 0 spiro atoms. The fourth-order valence-corrected chi connectivity index (χ4v) is 1.73. The third-order valence-corrected chi connectivity index (χ3v) is 2.96. The highest BCUT2D eigenvalue weighted by Gasteiger charge is 2.13. The molecule has 6 heteroatoms. The van der Waals surface area contributed by atoms with Crippen molar-refractivity contribution in [2.75, 3.05) is 38.6 Å². The number of aromatic nitrogens is 1. The van der Waals surface area contributed by atoms with Gasteiger partial charge in [-0.1, -0.05) is 13.8 Å². The van der Waals surface area contributed by atoms with Crippen molar-refractivity contribution >= 4 is 11.7 Å². The van der Waals surface area contributed by atoms with Gasteiger partial charge in [0, 0.05) is 12.6 Å². The second-order valence-electron chi connectivity index (χ2n) is 4.21. The van der Waals surface area contributed by atoms with Gasteiger partial charge < -0.3 is 20.1 Å². The molecule has 6 nitrogen and oxygen atoms in total. The van der Waals surface area contributed by atoms with Gasteiger partial charge >= 0.3 is 5.97 Å². The van der Waals surface area contributed by atoms with Gasteiger partial charge in [-0.2, -0.15) is 0 Å². The molecule has 0 saturated carbocycles. The maximum atomic E-state index is 11.7. The molecule has 0 aliphatic carbocycles. The highest BCUT2D eigenvalue weighted by molar-refractivity contribution is 5.95. The first-order chi connectivity index (χ1) is 9.62. The van der Waals surface area contributed by atoms with Crippen LogP contribution in [0, 0.1) is 0 Å². The molecule has 0 bridgehead atoms. The van der Waals surface area contributed by atoms with E-state index in [1.54, 1.807) is 6.92 Å². The smallest absolute Gasteiger partial charge is 0.340 e. The maximum Gasteiger partial charge on any atom is 0.340 e. The number of nitrogens with zero attached hydrogens (tertiary/aromatic N) is 2. The van der Waals surface area contributed by atoms with Crippen LogP contribution in [0.4, 0.5) is 5.69 Å². The molecule has 0 fully saturated rings. The molecular formula is C14H23N3O3. The number of nitrogen functional groups attached to an aromatic ring is 1. The Morgan fingerprint density at radius 2 is 2.05 bits per heavy atom. The summed E-state index contributed by atoms with van der Waals surface area (Å²) >= 11 is 0. The molecule has 1 rings (SSSR count). The lowest BCUT2D eigenvalue weighted by molar-refractivity contribution is 0.0527. The third kappa shape index (κ3) is 4.70. The van der Waals surface area contributed by atoms with Crippen molar-refractivity contribution in [3.63, 3.8) is 0 Å². The van der Waals surface area contributed by atoms with Crippen molar-refractivity contribution < 1.29 is 14.3 Å². The number of esters is 1. The monoisotopic (exact) mass is 281 g/mol. The normalized spacial score (nSPS) is 10.6. The van der Waals surface area contributed by atoms with E-state index in [0.717, 1.165) is 19.6 Å². The summed E-state index contributed by atoms with van der Waals surface area (Å²) in [5, 5.41) is 0. The van der Waals surface area contributed by atoms with Crippen molar-refractivity contribution in [2.45, 2.75) is 20.8 Å². The molecule has 1 heterocycles. The van der Waals surface area contributed by atoms with E-state index >= 15 is 0 Å². The highest BCUT2D eigenvalue weighted by Crippen LogP contribution is 2.17. The number of carbonyl (C=O) groups is 1. The van der Waals surface area contributed by atoms with E-state index in [2.05, 4.69) is 23.7 Å². The summed E-state index contributed by atoms with van der Waals surface area (Å²) in [5.74, 6) is -0.0737. The third-order valence-electron chi connectivity index (χ3n) is 2.96. The Morgan fingerprint density at radius 1 is 1.35 bits per heavy atom. The molecule has 0 unspecified atom stereocenters. The maximum absolute atomic E-state index is 11.7. The zero-order chi connectivity index (χ0) is 15.0. The van der Waals surface area contributed by atoms with E-state index in [9.17, 15) is 4.79 Å². The topological polar surface area (TPSA) is 77.7 Å². The fourth-order valence-electron chi connectivity index (χ4n) is 1.73. The Balaban J connectivity index is 2.63. The highest BCUT2D eigenvalue weighted by atomic mass is 16.5. The number of hydrogen-bond acceptors (Lipinski definition) is 6. The first-order valence-corrected chi connectivity index (χ1v) is 6.90. The number of ether oxygens (including phenoxy) is 2. The number of anilines is 1. The van der Waals surface area contributed by atoms with Crippen molar-refractivity contribution in [3.8, 4) is 5.88 Å². The predicted molar refractivity (Wildman–Crippen MR) is 77.9 cm³/mol. The minimum absolute atomic E-state index is 0.291. The van der Waals surface area contributed by atoms with Crippen molar-refractivity contribution in [1.82, 2.24) is 9.88 Å². The van der Waals surface area contributed by atoms with E-state index in [1.807, 2.05) is 0 Å². The molecule has 0 radical (unpaired) electrons. The van der Waals surface area contributed by atoms with Crippen LogP contribution >= 0.6 is 0 Å². The van der Waals surface area contributed by atoms with Crippen molar-refractivity contribution in [3.05, 3.63) is 17.8 Å². The number of likely N-dealkylation sites (N-methyl/N-ethyl adjacent to an activating group) is 1. The van der Waals surface area contributed by atoms with Gasteiger partial charge in [-0.3, -0.25) is 0 Å². The van der Waals surface area contributed by atoms with Crippen LogP contribution in [0.5, 0.6) is 5.88 Å². The average Bonchev–Trinajstić information content (AvgIpc) is 2.45. The van der Waals surface area contributed by atoms with Gasteiger partial charge in [0.2, 0.25) is 5.88 Å². The first-order valence-electron chi connectivity index (χ1n) is 6.90. The number of nitrogens with two attached hydrogens (primary N) is 1. The Kier molecular flexibility index (Phi) is 6.79. The standard InChI is InChI=1S/C14H23N3O3/c1-4-17(5-2)7-8-20-13-9-11(12(15)10-16-13)14(18)19-6-3/h9-10H,4-8,15H2,1-3H3. The van der Waals surface area contributed by atoms with Crippen LogP contribution in [-0.2, 0) is 4.74 Å². The summed E-state index contributed by atoms with van der Waals surface area (Å²) in [6.07, 6.45) is 1.42. The van der Waals surface area contributed by atoms with Crippen LogP contribution in [0.2, 0.25) is 0 Å². The van der Waals surface area contributed by atoms with Crippen LogP contribution in [-0.4, -0.2) is 48.7 Å². The van der Waals surface area contributed by atoms with Gasteiger partial charge in [0.25, 0.3) is 0 Å². The largest absolute Gasteiger partial charge is 0.476 e. The van der Waals surface area contributed by atoms with Crippen LogP contribution in [0.1, 0.15) is 31.1 Å². The second kappa shape index (κ2) is 8.37. The number of carbonyl (C=O) groups excluding carboxylic acids is 1. The predicted octanol–water partition coefficient (Wildman–Crippen LogP) is 1.56. The lowest BCUT2D eigenvalue weighted by Crippen LogP contribution is -2.28. The molecule has 20 heavy (non-hydrogen) atoms. The SMILES string of the molecule is CCOC(=O)c1cc(OCCN(CC)CC)ncc1N. The summed E-state index contributed by atoms with van der Waals surface area (Å²) in [6.45, 7) is 9.53. The molecule has 1 aromatic heterocycles. The lowest BCUT2D eigenvalue weighted by Gasteiger charge is -2.17. The second-order valence-corrected chi connectivity index (χ2v) is 4.21. The van der Waals surface area contributed by atoms with Gasteiger partial charge in [0.15, 0.2) is 0 Å². The Hall–Kier alpha value is -1.82. The number of hydrogen-bond donors (Lipinski definition) is 1. The lowest BCUT2D eigenvalue weighted by atomic mass is 10.2. The van der Waals surface area contributed by atoms with Crippen LogP contribution in [0.25, 0.3) is 0 Å². The Labute approximate surface area is 119 Å². The summed E-state index contributed by atoms with van der Waals surface area (Å²) in [4.78, 5) is 18.0. The molecule has 0 atom stereocenters. The summed E-state index contributed by atoms with van der Waals surface area (Å²) in [5.41, 5.74) is 6.30. The van der Waals surface area contributed by atoms with E-state index in [4.69, 9.17) is 15.2 Å². The molecule has 2 N–H and O–H groups in total. The van der Waals surface area contributed by atoms with Gasteiger partial charge in [0.05, 0.1) is 24.1 Å². The molecule has 0 amide bonds. The Morgan fingerprint density at radius 3 is 2.65 bits per heavy atom. The molecule has 112 valence electrons. The van der Waals surface area contributed by atoms with Crippen LogP contribution in [0.15, 0.2) is 12.3 Å². The van der Waals surface area contributed by atoms with Crippen molar-refractivity contribution in [1.29, 1.82) is 0 Å². The van der Waals surface area contributed by atoms with E-state index in [0.29, 0.717) is 30.3 Å². The van der Waals surface area contributed by atoms with E-state index < -0.39 is 5.97 Å². The number of pyridine rings is 1. The van der Waals surface area contributed by atoms with Crippen molar-refractivity contribution in [2.24, 2.45) is 0 Å². The van der Waals surface area contributed by atoms with Crippen LogP contribution in [0.3, 0.4) is 0 Å². The zero-order valence-electron chi connectivity index (χ0n) is 12.4. The molecule has 1 aromatic rings. The number of rotatable bonds is 8. The van der Waals surface area contributed by atoms with Gasteiger partial charge in [0.1, 0.15) is 6.61 Å².